The summed E-state index contributed by atoms with van der Waals surface area (Å²) >= 11 is 0. The Balaban J connectivity index is 1.91. The van der Waals surface area contributed by atoms with Crippen molar-refractivity contribution in [1.82, 2.24) is 19.9 Å². The molecule has 2 heterocycles. The molecule has 0 radical (unpaired) electrons. The number of aromatic nitrogens is 3. The Kier molecular flexibility index (Phi) is 3.86. The number of esters is 1. The highest BCUT2D eigenvalue weighted by Gasteiger charge is 2.37. The van der Waals surface area contributed by atoms with Crippen LogP contribution in [0.5, 0.6) is 0 Å². The molecule has 0 saturated carbocycles. The summed E-state index contributed by atoms with van der Waals surface area (Å²) in [5.74, 6) is -0.432. The average molecular weight is 304 g/mol. The lowest BCUT2D eigenvalue weighted by Gasteiger charge is -2.21. The molecule has 8 nitrogen and oxygen atoms in total. The summed E-state index contributed by atoms with van der Waals surface area (Å²) in [5.41, 5.74) is 0.241. The van der Waals surface area contributed by atoms with Gasteiger partial charge in [-0.15, -0.1) is 5.10 Å². The number of benzene rings is 1. The smallest absolute Gasteiger partial charge is 0.323 e. The van der Waals surface area contributed by atoms with Crippen molar-refractivity contribution in [2.75, 3.05) is 13.7 Å². The number of aliphatic hydroxyl groups excluding tert-OH is 1. The van der Waals surface area contributed by atoms with Crippen molar-refractivity contribution in [1.29, 1.82) is 0 Å². The van der Waals surface area contributed by atoms with Gasteiger partial charge in [-0.2, -0.15) is 4.68 Å². The fourth-order valence-corrected chi connectivity index (χ4v) is 2.70. The van der Waals surface area contributed by atoms with Gasteiger partial charge in [0.2, 0.25) is 0 Å². The Morgan fingerprint density at radius 2 is 2.23 bits per heavy atom. The van der Waals surface area contributed by atoms with E-state index in [9.17, 15) is 14.7 Å². The van der Waals surface area contributed by atoms with Crippen LogP contribution in [0.15, 0.2) is 29.1 Å². The van der Waals surface area contributed by atoms with Crippen molar-refractivity contribution in [2.45, 2.75) is 25.2 Å². The molecule has 0 unspecified atom stereocenters. The second-order valence-electron chi connectivity index (χ2n) is 5.25. The Morgan fingerprint density at radius 3 is 3.00 bits per heavy atom. The van der Waals surface area contributed by atoms with Gasteiger partial charge in [0, 0.05) is 13.0 Å². The van der Waals surface area contributed by atoms with E-state index >= 15 is 0 Å². The van der Waals surface area contributed by atoms with Crippen LogP contribution in [0.1, 0.15) is 6.42 Å². The summed E-state index contributed by atoms with van der Waals surface area (Å²) in [7, 11) is 1.30. The summed E-state index contributed by atoms with van der Waals surface area (Å²) in [4.78, 5) is 25.8. The van der Waals surface area contributed by atoms with E-state index in [4.69, 9.17) is 4.74 Å². The highest BCUT2D eigenvalue weighted by atomic mass is 16.5. The molecular formula is C14H16N4O4. The summed E-state index contributed by atoms with van der Waals surface area (Å²) in [6.07, 6.45) is -0.351. The molecule has 1 aromatic heterocycles. The summed E-state index contributed by atoms with van der Waals surface area (Å²) < 4.78 is 5.93. The highest BCUT2D eigenvalue weighted by molar-refractivity contribution is 5.77. The third kappa shape index (κ3) is 2.58. The molecule has 1 saturated heterocycles. The van der Waals surface area contributed by atoms with Gasteiger partial charge < -0.3 is 9.84 Å². The summed E-state index contributed by atoms with van der Waals surface area (Å²) in [6, 6.07) is 6.35. The van der Waals surface area contributed by atoms with E-state index < -0.39 is 18.1 Å². The van der Waals surface area contributed by atoms with Gasteiger partial charge >= 0.3 is 5.97 Å². The number of nitrogens with zero attached hydrogens (tertiary/aromatic N) is 4. The molecule has 2 aromatic rings. The molecule has 8 heteroatoms. The Bertz CT molecular complexity index is 760. The molecule has 1 fully saturated rings. The molecule has 0 aliphatic carbocycles. The number of ether oxygens (including phenoxy) is 1. The number of methoxy groups -OCH3 is 1. The van der Waals surface area contributed by atoms with E-state index in [1.807, 2.05) is 0 Å². The van der Waals surface area contributed by atoms with Crippen LogP contribution in [0.4, 0.5) is 0 Å². The maximum Gasteiger partial charge on any atom is 0.323 e. The number of hydrogen-bond donors (Lipinski definition) is 1. The van der Waals surface area contributed by atoms with Crippen molar-refractivity contribution in [3.05, 3.63) is 34.6 Å². The first-order valence-corrected chi connectivity index (χ1v) is 6.92. The number of likely N-dealkylation sites (tertiary alicyclic amines) is 1. The summed E-state index contributed by atoms with van der Waals surface area (Å²) in [6.45, 7) is 0.355. The van der Waals surface area contributed by atoms with Crippen LogP contribution in [0.2, 0.25) is 0 Å². The fourth-order valence-electron chi connectivity index (χ4n) is 2.70. The van der Waals surface area contributed by atoms with E-state index in [2.05, 4.69) is 10.3 Å². The zero-order chi connectivity index (χ0) is 15.7. The lowest BCUT2D eigenvalue weighted by atomic mass is 10.2. The van der Waals surface area contributed by atoms with Crippen LogP contribution in [-0.4, -0.2) is 56.8 Å². The van der Waals surface area contributed by atoms with E-state index in [0.29, 0.717) is 10.9 Å². The second kappa shape index (κ2) is 5.82. The van der Waals surface area contributed by atoms with Crippen molar-refractivity contribution in [3.63, 3.8) is 0 Å². The third-order valence-corrected chi connectivity index (χ3v) is 3.80. The number of carbonyl (C=O) groups excluding carboxylic acids is 1. The third-order valence-electron chi connectivity index (χ3n) is 3.80. The zero-order valence-corrected chi connectivity index (χ0v) is 12.0. The topological polar surface area (TPSA) is 97.6 Å². The first kappa shape index (κ1) is 14.6. The van der Waals surface area contributed by atoms with E-state index in [-0.39, 0.29) is 25.2 Å². The number of β-amino-alcohol motifs (C(OH)–C–C–N with tert-alkyl or cyclic N) is 1. The number of rotatable bonds is 3. The summed E-state index contributed by atoms with van der Waals surface area (Å²) in [5, 5.41) is 18.1. The van der Waals surface area contributed by atoms with Gasteiger partial charge in [-0.25, -0.2) is 0 Å². The normalized spacial score (nSPS) is 22.1. The van der Waals surface area contributed by atoms with Gasteiger partial charge in [0.15, 0.2) is 0 Å². The maximum atomic E-state index is 12.4. The molecular weight excluding hydrogens is 288 g/mol. The standard InChI is InChI=1S/C14H16N4O4/c1-22-14(21)12-6-9(19)7-17(12)8-18-13(20)10-4-2-3-5-11(10)15-16-18/h2-5,9,12,19H,6-8H2,1H3/t9-,12-/m0/s1. The molecule has 1 aromatic carbocycles. The Labute approximate surface area is 125 Å². The van der Waals surface area contributed by atoms with Crippen molar-refractivity contribution in [2.24, 2.45) is 0 Å². The van der Waals surface area contributed by atoms with Crippen molar-refractivity contribution < 1.29 is 14.6 Å². The highest BCUT2D eigenvalue weighted by Crippen LogP contribution is 2.19. The van der Waals surface area contributed by atoms with Gasteiger partial charge in [0.05, 0.1) is 25.3 Å². The lowest BCUT2D eigenvalue weighted by Crippen LogP contribution is -2.41. The quantitative estimate of drug-likeness (QED) is 0.753. The van der Waals surface area contributed by atoms with Gasteiger partial charge in [-0.05, 0) is 12.1 Å². The van der Waals surface area contributed by atoms with Crippen LogP contribution >= 0.6 is 0 Å². The molecule has 1 aliphatic heterocycles. The number of carbonyl (C=O) groups is 1. The minimum atomic E-state index is -0.631. The molecule has 2 atom stereocenters. The predicted octanol–water partition coefficient (Wildman–Crippen LogP) is -0.643. The van der Waals surface area contributed by atoms with Crippen molar-refractivity contribution in [3.8, 4) is 0 Å². The zero-order valence-electron chi connectivity index (χ0n) is 12.0. The molecule has 1 aliphatic rings. The Morgan fingerprint density at radius 1 is 1.45 bits per heavy atom. The predicted molar refractivity (Wildman–Crippen MR) is 76.9 cm³/mol. The SMILES string of the molecule is COC(=O)[C@@H]1C[C@H](O)CN1Cn1nnc2ccccc2c1=O. The van der Waals surface area contributed by atoms with Crippen LogP contribution in [0.25, 0.3) is 10.9 Å². The molecule has 116 valence electrons. The van der Waals surface area contributed by atoms with Gasteiger partial charge in [0.1, 0.15) is 11.6 Å². The van der Waals surface area contributed by atoms with E-state index in [1.165, 1.54) is 11.8 Å². The first-order chi connectivity index (χ1) is 10.6. The molecule has 1 N–H and O–H groups in total. The second-order valence-corrected chi connectivity index (χ2v) is 5.25. The van der Waals surface area contributed by atoms with E-state index in [1.54, 1.807) is 29.2 Å². The largest absolute Gasteiger partial charge is 0.468 e. The molecule has 0 amide bonds. The van der Waals surface area contributed by atoms with Gasteiger partial charge in [-0.3, -0.25) is 14.5 Å². The van der Waals surface area contributed by atoms with Crippen LogP contribution in [-0.2, 0) is 16.2 Å². The maximum absolute atomic E-state index is 12.4. The van der Waals surface area contributed by atoms with Gasteiger partial charge in [0.25, 0.3) is 5.56 Å². The van der Waals surface area contributed by atoms with Crippen LogP contribution in [0.3, 0.4) is 0 Å². The average Bonchev–Trinajstić information content (AvgIpc) is 2.90. The first-order valence-electron chi connectivity index (χ1n) is 6.92. The molecule has 0 spiro atoms. The van der Waals surface area contributed by atoms with Crippen LogP contribution < -0.4 is 5.56 Å². The molecule has 22 heavy (non-hydrogen) atoms. The Hall–Kier alpha value is -2.32. The lowest BCUT2D eigenvalue weighted by molar-refractivity contribution is -0.146. The minimum Gasteiger partial charge on any atom is -0.468 e. The number of hydrogen-bond acceptors (Lipinski definition) is 7. The monoisotopic (exact) mass is 304 g/mol. The van der Waals surface area contributed by atoms with E-state index in [0.717, 1.165) is 0 Å². The molecule has 3 rings (SSSR count). The van der Waals surface area contributed by atoms with Crippen LogP contribution in [0, 0.1) is 0 Å². The minimum absolute atomic E-state index is 0.0769. The number of aliphatic hydroxyl groups is 1. The number of fused-ring (bicyclic) bond motifs is 1. The van der Waals surface area contributed by atoms with Crippen molar-refractivity contribution >= 4 is 16.9 Å². The fraction of sp³-hybridized carbons (Fsp3) is 0.429. The van der Waals surface area contributed by atoms with Gasteiger partial charge in [-0.1, -0.05) is 17.3 Å². The molecule has 0 bridgehead atoms.